The van der Waals surface area contributed by atoms with E-state index >= 15 is 0 Å². The topological polar surface area (TPSA) is 160 Å². The highest BCUT2D eigenvalue weighted by Gasteiger charge is 2.36. The van der Waals surface area contributed by atoms with E-state index in [1.165, 1.54) is 7.11 Å². The third-order valence-electron chi connectivity index (χ3n) is 5.33. The Labute approximate surface area is 222 Å². The average Bonchev–Trinajstić information content (AvgIpc) is 2.85. The van der Waals surface area contributed by atoms with E-state index in [9.17, 15) is 24.3 Å². The summed E-state index contributed by atoms with van der Waals surface area (Å²) in [6.45, 7) is 4.32. The van der Waals surface area contributed by atoms with Crippen molar-refractivity contribution in [2.45, 2.75) is 51.3 Å². The molecule has 2 atom stereocenters. The molecule has 0 radical (unpaired) electrons. The van der Waals surface area contributed by atoms with Crippen LogP contribution in [-0.4, -0.2) is 65.7 Å². The highest BCUT2D eigenvalue weighted by atomic mass is 16.6. The molecule has 0 aliphatic heterocycles. The summed E-state index contributed by atoms with van der Waals surface area (Å²) in [7, 11) is 1.53. The van der Waals surface area contributed by atoms with Gasteiger partial charge >= 0.3 is 6.09 Å². The van der Waals surface area contributed by atoms with E-state index in [-0.39, 0.29) is 19.4 Å². The van der Waals surface area contributed by atoms with Crippen LogP contribution in [0.15, 0.2) is 54.6 Å². The van der Waals surface area contributed by atoms with Crippen LogP contribution in [0, 0.1) is 0 Å². The highest BCUT2D eigenvalue weighted by Crippen LogP contribution is 2.25. The van der Waals surface area contributed by atoms with Crippen molar-refractivity contribution in [1.29, 1.82) is 0 Å². The summed E-state index contributed by atoms with van der Waals surface area (Å²) in [5, 5.41) is 15.1. The van der Waals surface area contributed by atoms with Gasteiger partial charge in [-0.05, 0) is 57.0 Å². The molecule has 0 spiro atoms. The van der Waals surface area contributed by atoms with E-state index in [2.05, 4.69) is 10.6 Å². The molecule has 11 nitrogen and oxygen atoms in total. The smallest absolute Gasteiger partial charge is 0.408 e. The normalized spacial score (nSPS) is 12.6. The summed E-state index contributed by atoms with van der Waals surface area (Å²) in [4.78, 5) is 52.5. The zero-order valence-electron chi connectivity index (χ0n) is 22.1. The molecular formula is C27H36N4O7. The molecule has 2 aromatic rings. The molecule has 2 aromatic carbocycles. The van der Waals surface area contributed by atoms with Gasteiger partial charge in [0.15, 0.2) is 0 Å². The van der Waals surface area contributed by atoms with Crippen LogP contribution in [0.1, 0.15) is 45.2 Å². The molecule has 206 valence electrons. The van der Waals surface area contributed by atoms with E-state index < -0.39 is 48.1 Å². The van der Waals surface area contributed by atoms with Crippen LogP contribution in [-0.2, 0) is 19.1 Å². The number of aliphatic hydroxyl groups is 1. The molecule has 5 N–H and O–H groups in total. The first kappa shape index (κ1) is 30.1. The summed E-state index contributed by atoms with van der Waals surface area (Å²) in [5.74, 6) is -1.30. The zero-order valence-corrected chi connectivity index (χ0v) is 22.1. The third kappa shape index (κ3) is 9.40. The maximum atomic E-state index is 13.8. The molecule has 0 saturated carbocycles. The molecule has 38 heavy (non-hydrogen) atoms. The fourth-order valence-electron chi connectivity index (χ4n) is 3.66. The van der Waals surface area contributed by atoms with Crippen molar-refractivity contribution in [3.8, 4) is 5.75 Å². The van der Waals surface area contributed by atoms with Crippen molar-refractivity contribution in [3.05, 3.63) is 60.2 Å². The number of methoxy groups -OCH3 is 1. The second kappa shape index (κ2) is 14.0. The lowest BCUT2D eigenvalue weighted by Gasteiger charge is -2.34. The quantitative estimate of drug-likeness (QED) is 0.329. The van der Waals surface area contributed by atoms with Gasteiger partial charge < -0.3 is 35.8 Å². The van der Waals surface area contributed by atoms with Crippen LogP contribution in [0.3, 0.4) is 0 Å². The fraction of sp³-hybridized carbons (Fsp3) is 0.407. The predicted molar refractivity (Wildman–Crippen MR) is 141 cm³/mol. The Morgan fingerprint density at radius 1 is 1.03 bits per heavy atom. The van der Waals surface area contributed by atoms with Crippen molar-refractivity contribution >= 4 is 29.5 Å². The number of benzene rings is 2. The summed E-state index contributed by atoms with van der Waals surface area (Å²) in [6.07, 6.45) is -1.20. The number of aliphatic hydroxyl groups excluding tert-OH is 1. The van der Waals surface area contributed by atoms with Gasteiger partial charge in [0.2, 0.25) is 11.8 Å². The minimum Gasteiger partial charge on any atom is -0.497 e. The molecule has 0 saturated heterocycles. The van der Waals surface area contributed by atoms with Crippen molar-refractivity contribution < 1.29 is 33.8 Å². The van der Waals surface area contributed by atoms with E-state index in [0.717, 1.165) is 4.90 Å². The minimum atomic E-state index is -1.25. The summed E-state index contributed by atoms with van der Waals surface area (Å²) in [6, 6.07) is 12.8. The van der Waals surface area contributed by atoms with E-state index in [0.29, 0.717) is 17.0 Å². The van der Waals surface area contributed by atoms with Crippen LogP contribution in [0.4, 0.5) is 10.5 Å². The van der Waals surface area contributed by atoms with Crippen LogP contribution < -0.4 is 21.1 Å². The van der Waals surface area contributed by atoms with E-state index in [1.807, 2.05) is 0 Å². The van der Waals surface area contributed by atoms with Crippen molar-refractivity contribution in [2.24, 2.45) is 5.73 Å². The third-order valence-corrected chi connectivity index (χ3v) is 5.33. The van der Waals surface area contributed by atoms with Gasteiger partial charge in [-0.3, -0.25) is 14.4 Å². The number of alkyl carbamates (subject to hydrolysis) is 1. The van der Waals surface area contributed by atoms with Gasteiger partial charge in [0.25, 0.3) is 5.91 Å². The standard InChI is InChI=1S/C27H36N4O7/c1-27(2,3)38-26(36)30-21(14-15-22(28)33)25(35)31(16-17-32)23(18-8-6-5-7-9-18)24(34)29-19-10-12-20(37-4)13-11-19/h5-13,21,23,32H,14-17H2,1-4H3,(H2,28,33)(H,29,34)(H,30,36). The maximum absolute atomic E-state index is 13.8. The number of hydrogen-bond donors (Lipinski definition) is 4. The van der Waals surface area contributed by atoms with Gasteiger partial charge in [-0.15, -0.1) is 0 Å². The average molecular weight is 529 g/mol. The molecule has 0 fully saturated rings. The van der Waals surface area contributed by atoms with Crippen LogP contribution >= 0.6 is 0 Å². The Morgan fingerprint density at radius 2 is 1.66 bits per heavy atom. The lowest BCUT2D eigenvalue weighted by Crippen LogP contribution is -2.53. The van der Waals surface area contributed by atoms with Gasteiger partial charge in [0, 0.05) is 18.7 Å². The molecule has 0 heterocycles. The van der Waals surface area contributed by atoms with Gasteiger partial charge in [-0.2, -0.15) is 0 Å². The molecule has 2 rings (SSSR count). The number of nitrogens with zero attached hydrogens (tertiary/aromatic N) is 1. The van der Waals surface area contributed by atoms with Crippen molar-refractivity contribution in [3.63, 3.8) is 0 Å². The van der Waals surface area contributed by atoms with Crippen LogP contribution in [0.25, 0.3) is 0 Å². The molecule has 4 amide bonds. The summed E-state index contributed by atoms with van der Waals surface area (Å²) >= 11 is 0. The van der Waals surface area contributed by atoms with Crippen molar-refractivity contribution in [1.82, 2.24) is 10.2 Å². The van der Waals surface area contributed by atoms with Gasteiger partial charge in [-0.1, -0.05) is 30.3 Å². The Balaban J connectivity index is 2.43. The minimum absolute atomic E-state index is 0.128. The number of nitrogens with two attached hydrogens (primary N) is 1. The molecule has 11 heteroatoms. The van der Waals surface area contributed by atoms with E-state index in [4.69, 9.17) is 15.2 Å². The maximum Gasteiger partial charge on any atom is 0.408 e. The fourth-order valence-corrected chi connectivity index (χ4v) is 3.66. The molecule has 0 aromatic heterocycles. The SMILES string of the molecule is COc1ccc(NC(=O)C(c2ccccc2)N(CCO)C(=O)C(CCC(N)=O)NC(=O)OC(C)(C)C)cc1. The number of carbonyl (C=O) groups excluding carboxylic acids is 4. The first-order valence-corrected chi connectivity index (χ1v) is 12.1. The first-order chi connectivity index (χ1) is 17.9. The number of primary amides is 1. The second-order valence-electron chi connectivity index (χ2n) is 9.49. The van der Waals surface area contributed by atoms with Gasteiger partial charge in [0.1, 0.15) is 23.4 Å². The molecular weight excluding hydrogens is 492 g/mol. The summed E-state index contributed by atoms with van der Waals surface area (Å²) in [5.41, 5.74) is 5.40. The summed E-state index contributed by atoms with van der Waals surface area (Å²) < 4.78 is 10.4. The monoisotopic (exact) mass is 528 g/mol. The number of amides is 4. The number of carbonyl (C=O) groups is 4. The van der Waals surface area contributed by atoms with Gasteiger partial charge in [-0.25, -0.2) is 4.79 Å². The Bertz CT molecular complexity index is 1080. The second-order valence-corrected chi connectivity index (χ2v) is 9.49. The lowest BCUT2D eigenvalue weighted by atomic mass is 10.0. The number of nitrogens with one attached hydrogen (secondary N) is 2. The Hall–Kier alpha value is -4.12. The predicted octanol–water partition coefficient (Wildman–Crippen LogP) is 2.35. The number of rotatable bonds is 12. The Morgan fingerprint density at radius 3 is 2.18 bits per heavy atom. The lowest BCUT2D eigenvalue weighted by molar-refractivity contribution is -0.141. The largest absolute Gasteiger partial charge is 0.497 e. The highest BCUT2D eigenvalue weighted by molar-refractivity contribution is 5.99. The number of ether oxygens (including phenoxy) is 2. The molecule has 0 bridgehead atoms. The zero-order chi connectivity index (χ0) is 28.3. The molecule has 0 aliphatic carbocycles. The number of hydrogen-bond acceptors (Lipinski definition) is 7. The van der Waals surface area contributed by atoms with Crippen LogP contribution in [0.5, 0.6) is 5.75 Å². The number of anilines is 1. The van der Waals surface area contributed by atoms with Crippen molar-refractivity contribution in [2.75, 3.05) is 25.6 Å². The van der Waals surface area contributed by atoms with Crippen LogP contribution in [0.2, 0.25) is 0 Å². The molecule has 2 unspecified atom stereocenters. The van der Waals surface area contributed by atoms with E-state index in [1.54, 1.807) is 75.4 Å². The molecule has 0 aliphatic rings. The first-order valence-electron chi connectivity index (χ1n) is 12.1. The van der Waals surface area contributed by atoms with Gasteiger partial charge in [0.05, 0.1) is 13.7 Å². The Kier molecular flexibility index (Phi) is 11.1.